The third-order valence-corrected chi connectivity index (χ3v) is 11.2. The van der Waals surface area contributed by atoms with E-state index in [1.165, 1.54) is 17.5 Å². The van der Waals surface area contributed by atoms with Crippen LogP contribution < -0.4 is 10.4 Å². The monoisotopic (exact) mass is 460 g/mol. The van der Waals surface area contributed by atoms with E-state index >= 15 is 4.39 Å². The smallest absolute Gasteiger partial charge is 0.261 e. The van der Waals surface area contributed by atoms with Crippen LogP contribution in [0.25, 0.3) is 0 Å². The molecule has 32 heavy (non-hydrogen) atoms. The van der Waals surface area contributed by atoms with Gasteiger partial charge in [-0.05, 0) is 21.8 Å². The summed E-state index contributed by atoms with van der Waals surface area (Å²) in [6, 6.07) is 20.8. The summed E-state index contributed by atoms with van der Waals surface area (Å²) in [6.07, 6.45) is -1.65. The van der Waals surface area contributed by atoms with Crippen LogP contribution >= 0.6 is 0 Å². The van der Waals surface area contributed by atoms with Gasteiger partial charge in [0.05, 0.1) is 6.61 Å². The minimum Gasteiger partial charge on any atom is -0.405 e. The van der Waals surface area contributed by atoms with Gasteiger partial charge in [0.25, 0.3) is 8.32 Å². The molecule has 4 atom stereocenters. The van der Waals surface area contributed by atoms with E-state index in [0.717, 1.165) is 12.8 Å². The third-order valence-electron chi connectivity index (χ3n) is 6.17. The van der Waals surface area contributed by atoms with Crippen LogP contribution in [0.2, 0.25) is 5.04 Å². The number of alkyl halides is 1. The van der Waals surface area contributed by atoms with E-state index in [1.54, 1.807) is 0 Å². The van der Waals surface area contributed by atoms with Crippen molar-refractivity contribution in [3.63, 3.8) is 0 Å². The molecule has 0 radical (unpaired) electrons. The van der Waals surface area contributed by atoms with Crippen molar-refractivity contribution >= 4 is 18.7 Å². The van der Waals surface area contributed by atoms with Crippen LogP contribution in [-0.4, -0.2) is 53.3 Å². The van der Waals surface area contributed by atoms with Gasteiger partial charge in [0.1, 0.15) is 12.2 Å². The highest BCUT2D eigenvalue weighted by molar-refractivity contribution is 6.99. The molecule has 2 aromatic carbocycles. The van der Waals surface area contributed by atoms with Crippen molar-refractivity contribution in [2.75, 3.05) is 20.3 Å². The first kappa shape index (κ1) is 25.1. The van der Waals surface area contributed by atoms with Gasteiger partial charge in [-0.2, -0.15) is 0 Å². The maximum Gasteiger partial charge on any atom is 0.261 e. The van der Waals surface area contributed by atoms with E-state index in [-0.39, 0.29) is 11.6 Å². The molecule has 1 unspecified atom stereocenters. The van der Waals surface area contributed by atoms with Crippen molar-refractivity contribution < 1.29 is 23.0 Å². The Kier molecular flexibility index (Phi) is 8.64. The van der Waals surface area contributed by atoms with Crippen molar-refractivity contribution in [3.8, 4) is 0 Å². The summed E-state index contributed by atoms with van der Waals surface area (Å²) >= 11 is 0. The second-order valence-corrected chi connectivity index (χ2v) is 13.7. The first-order chi connectivity index (χ1) is 15.3. The van der Waals surface area contributed by atoms with E-state index in [1.807, 2.05) is 12.1 Å². The SMILES string of the molecule is CCCCO[C@@H]1[C@@H](CO[Si](c2ccccc2)(c2ccccc2)C(C)(C)C)OC(OC)[C@@H]1F. The minimum atomic E-state index is -2.74. The van der Waals surface area contributed by atoms with Gasteiger partial charge in [-0.15, -0.1) is 0 Å². The highest BCUT2D eigenvalue weighted by Gasteiger charge is 2.53. The molecule has 2 aromatic rings. The largest absolute Gasteiger partial charge is 0.405 e. The van der Waals surface area contributed by atoms with Gasteiger partial charge in [-0.1, -0.05) is 94.8 Å². The van der Waals surface area contributed by atoms with Crippen LogP contribution in [-0.2, 0) is 18.6 Å². The Morgan fingerprint density at radius 2 is 1.53 bits per heavy atom. The predicted octanol–water partition coefficient (Wildman–Crippen LogP) is 4.46. The summed E-state index contributed by atoms with van der Waals surface area (Å²) in [5, 5.41) is 2.20. The Morgan fingerprint density at radius 1 is 0.969 bits per heavy atom. The summed E-state index contributed by atoms with van der Waals surface area (Å²) in [5.41, 5.74) is 0. The summed E-state index contributed by atoms with van der Waals surface area (Å²) in [4.78, 5) is 0. The standard InChI is InChI=1S/C26H37FO4Si/c1-6-7-18-29-24-22(31-25(28-5)23(24)27)19-30-32(26(2,3)4,20-14-10-8-11-15-20)21-16-12-9-13-17-21/h8-17,22-25H,6-7,18-19H2,1-5H3/t22-,23-,24-,25?/m1/s1. The number of unbranched alkanes of at least 4 members (excludes halogenated alkanes) is 1. The third kappa shape index (κ3) is 5.15. The maximum atomic E-state index is 15.0. The molecule has 0 spiro atoms. The van der Waals surface area contributed by atoms with Gasteiger partial charge < -0.3 is 18.6 Å². The second-order valence-electron chi connectivity index (χ2n) is 9.39. The lowest BCUT2D eigenvalue weighted by molar-refractivity contribution is -0.140. The zero-order valence-corrected chi connectivity index (χ0v) is 20.9. The minimum absolute atomic E-state index is 0.164. The van der Waals surface area contributed by atoms with E-state index in [2.05, 4.69) is 76.2 Å². The maximum absolute atomic E-state index is 15.0. The first-order valence-corrected chi connectivity index (χ1v) is 13.4. The van der Waals surface area contributed by atoms with Crippen LogP contribution in [0.1, 0.15) is 40.5 Å². The molecular weight excluding hydrogens is 423 g/mol. The van der Waals surface area contributed by atoms with Crippen molar-refractivity contribution in [1.82, 2.24) is 0 Å². The Labute approximate surface area is 193 Å². The molecule has 0 amide bonds. The molecule has 1 aliphatic rings. The van der Waals surface area contributed by atoms with E-state index in [4.69, 9.17) is 18.6 Å². The molecule has 0 saturated carbocycles. The Hall–Kier alpha value is -1.57. The molecule has 6 heteroatoms. The average molecular weight is 461 g/mol. The Balaban J connectivity index is 1.95. The Morgan fingerprint density at radius 3 is 2.00 bits per heavy atom. The number of ether oxygens (including phenoxy) is 3. The fraction of sp³-hybridized carbons (Fsp3) is 0.538. The fourth-order valence-electron chi connectivity index (χ4n) is 4.54. The summed E-state index contributed by atoms with van der Waals surface area (Å²) in [5.74, 6) is 0. The van der Waals surface area contributed by atoms with E-state index in [0.29, 0.717) is 6.61 Å². The quantitative estimate of drug-likeness (QED) is 0.388. The van der Waals surface area contributed by atoms with Crippen LogP contribution in [0, 0.1) is 0 Å². The van der Waals surface area contributed by atoms with Gasteiger partial charge in [0, 0.05) is 13.7 Å². The molecule has 0 aromatic heterocycles. The van der Waals surface area contributed by atoms with Crippen molar-refractivity contribution in [1.29, 1.82) is 0 Å². The molecule has 1 fully saturated rings. The summed E-state index contributed by atoms with van der Waals surface area (Å²) in [7, 11) is -1.27. The lowest BCUT2D eigenvalue weighted by Gasteiger charge is -2.43. The molecule has 0 bridgehead atoms. The average Bonchev–Trinajstić information content (AvgIpc) is 3.09. The van der Waals surface area contributed by atoms with Gasteiger partial charge in [-0.3, -0.25) is 0 Å². The Bertz CT molecular complexity index is 772. The molecular formula is C26H37FO4Si. The molecule has 3 rings (SSSR count). The molecule has 1 saturated heterocycles. The van der Waals surface area contributed by atoms with Crippen LogP contribution in [0.4, 0.5) is 4.39 Å². The number of methoxy groups -OCH3 is 1. The van der Waals surface area contributed by atoms with Crippen molar-refractivity contribution in [3.05, 3.63) is 60.7 Å². The van der Waals surface area contributed by atoms with E-state index < -0.39 is 33.0 Å². The number of rotatable bonds is 10. The molecule has 1 aliphatic heterocycles. The first-order valence-electron chi connectivity index (χ1n) is 11.5. The lowest BCUT2D eigenvalue weighted by atomic mass is 10.1. The topological polar surface area (TPSA) is 36.9 Å². The van der Waals surface area contributed by atoms with Crippen molar-refractivity contribution in [2.45, 2.75) is 70.2 Å². The number of benzene rings is 2. The molecule has 1 heterocycles. The number of halogens is 1. The fourth-order valence-corrected chi connectivity index (χ4v) is 9.11. The highest BCUT2D eigenvalue weighted by Crippen LogP contribution is 2.38. The number of hydrogen-bond donors (Lipinski definition) is 0. The lowest BCUT2D eigenvalue weighted by Crippen LogP contribution is -2.67. The molecule has 4 nitrogen and oxygen atoms in total. The van der Waals surface area contributed by atoms with Crippen LogP contribution in [0.3, 0.4) is 0 Å². The zero-order valence-electron chi connectivity index (χ0n) is 19.9. The van der Waals surface area contributed by atoms with Gasteiger partial charge in [0.2, 0.25) is 0 Å². The van der Waals surface area contributed by atoms with Crippen LogP contribution in [0.5, 0.6) is 0 Å². The zero-order chi connectivity index (χ0) is 23.2. The van der Waals surface area contributed by atoms with Gasteiger partial charge in [0.15, 0.2) is 12.5 Å². The molecule has 0 N–H and O–H groups in total. The summed E-state index contributed by atoms with van der Waals surface area (Å²) < 4.78 is 39.0. The highest BCUT2D eigenvalue weighted by atomic mass is 28.4. The van der Waals surface area contributed by atoms with Crippen LogP contribution in [0.15, 0.2) is 60.7 Å². The second kappa shape index (κ2) is 11.0. The normalized spacial score (nSPS) is 24.1. The van der Waals surface area contributed by atoms with E-state index in [9.17, 15) is 0 Å². The van der Waals surface area contributed by atoms with Gasteiger partial charge >= 0.3 is 0 Å². The number of hydrogen-bond acceptors (Lipinski definition) is 4. The summed E-state index contributed by atoms with van der Waals surface area (Å²) in [6.45, 7) is 9.49. The van der Waals surface area contributed by atoms with Gasteiger partial charge in [-0.25, -0.2) is 4.39 Å². The van der Waals surface area contributed by atoms with Crippen molar-refractivity contribution in [2.24, 2.45) is 0 Å². The predicted molar refractivity (Wildman–Crippen MR) is 129 cm³/mol. The molecule has 0 aliphatic carbocycles. The molecule has 176 valence electrons.